The van der Waals surface area contributed by atoms with Crippen LogP contribution in [0.5, 0.6) is 0 Å². The van der Waals surface area contributed by atoms with Crippen LogP contribution in [0.1, 0.15) is 44.5 Å². The minimum atomic E-state index is -0.686. The number of aryl methyl sites for hydroxylation is 2. The number of carbonyl (C=O) groups is 2. The number of anilines is 1. The largest absolute Gasteiger partial charge is 0.396 e. The maximum absolute atomic E-state index is 11.6. The van der Waals surface area contributed by atoms with Crippen LogP contribution in [0.2, 0.25) is 0 Å². The molecule has 0 saturated carbocycles. The third-order valence-corrected chi connectivity index (χ3v) is 9.22. The molecular weight excluding hydrogens is 586 g/mol. The van der Waals surface area contributed by atoms with Gasteiger partial charge in [-0.3, -0.25) is 19.4 Å². The van der Waals surface area contributed by atoms with Gasteiger partial charge in [0, 0.05) is 68.6 Å². The summed E-state index contributed by atoms with van der Waals surface area (Å²) in [4.78, 5) is 39.0. The first-order valence-electron chi connectivity index (χ1n) is 16.6. The second-order valence-corrected chi connectivity index (χ2v) is 13.0. The van der Waals surface area contributed by atoms with Gasteiger partial charge in [0.2, 0.25) is 0 Å². The highest BCUT2D eigenvalue weighted by molar-refractivity contribution is 6.12. The number of ether oxygens (including phenoxy) is 1. The van der Waals surface area contributed by atoms with E-state index >= 15 is 0 Å². The van der Waals surface area contributed by atoms with Crippen LogP contribution in [0, 0.1) is 5.41 Å². The summed E-state index contributed by atoms with van der Waals surface area (Å²) in [5, 5.41) is 21.1. The van der Waals surface area contributed by atoms with Crippen LogP contribution in [-0.4, -0.2) is 124 Å². The lowest BCUT2D eigenvalue weighted by Gasteiger charge is -2.34. The zero-order valence-corrected chi connectivity index (χ0v) is 27.3. The topological polar surface area (TPSA) is 150 Å². The number of amides is 2. The Labute approximate surface area is 270 Å². The summed E-state index contributed by atoms with van der Waals surface area (Å²) in [7, 11) is 0. The Kier molecular flexibility index (Phi) is 11.4. The maximum atomic E-state index is 11.6. The molecule has 2 amide bonds. The number of nitrogen functional groups attached to an aromatic ring is 1. The SMILES string of the molecule is CCCCc1nc2c(N)nc3cc(CCCN4CCN(CCOCCN5C(=O)C=CC5=O)CC4)ccc3c2n1CC(C)(CO)CO. The van der Waals surface area contributed by atoms with Crippen molar-refractivity contribution in [2.75, 3.05) is 78.0 Å². The van der Waals surface area contributed by atoms with Gasteiger partial charge >= 0.3 is 0 Å². The first-order valence-corrected chi connectivity index (χ1v) is 16.6. The molecule has 2 aliphatic rings. The highest BCUT2D eigenvalue weighted by Crippen LogP contribution is 2.32. The van der Waals surface area contributed by atoms with E-state index in [2.05, 4.69) is 39.5 Å². The lowest BCUT2D eigenvalue weighted by Crippen LogP contribution is -2.47. The van der Waals surface area contributed by atoms with Crippen LogP contribution in [0.3, 0.4) is 0 Å². The molecule has 12 nitrogen and oxygen atoms in total. The maximum Gasteiger partial charge on any atom is 0.253 e. The number of carbonyl (C=O) groups excluding carboxylic acids is 2. The fourth-order valence-corrected chi connectivity index (χ4v) is 6.23. The van der Waals surface area contributed by atoms with Crippen molar-refractivity contribution >= 4 is 39.6 Å². The van der Waals surface area contributed by atoms with Gasteiger partial charge in [0.15, 0.2) is 5.82 Å². The Morgan fingerprint density at radius 2 is 1.59 bits per heavy atom. The quantitative estimate of drug-likeness (QED) is 0.148. The van der Waals surface area contributed by atoms with E-state index < -0.39 is 5.41 Å². The molecule has 3 aromatic rings. The second-order valence-electron chi connectivity index (χ2n) is 13.0. The average Bonchev–Trinajstić information content (AvgIpc) is 3.58. The van der Waals surface area contributed by atoms with E-state index in [1.807, 2.05) is 6.92 Å². The van der Waals surface area contributed by atoms with E-state index in [-0.39, 0.29) is 25.0 Å². The predicted octanol–water partition coefficient (Wildman–Crippen LogP) is 1.99. The van der Waals surface area contributed by atoms with E-state index in [1.54, 1.807) is 0 Å². The molecule has 5 rings (SSSR count). The lowest BCUT2D eigenvalue weighted by atomic mass is 9.92. The normalized spacial score (nSPS) is 16.6. The number of nitrogens with two attached hydrogens (primary N) is 1. The number of hydrogen-bond acceptors (Lipinski definition) is 10. The molecule has 0 spiro atoms. The summed E-state index contributed by atoms with van der Waals surface area (Å²) in [5.74, 6) is 0.779. The summed E-state index contributed by atoms with van der Waals surface area (Å²) in [5.41, 5.74) is 9.45. The number of piperazine rings is 1. The summed E-state index contributed by atoms with van der Waals surface area (Å²) >= 11 is 0. The summed E-state index contributed by atoms with van der Waals surface area (Å²) in [6.07, 6.45) is 7.40. The van der Waals surface area contributed by atoms with Crippen LogP contribution in [0.25, 0.3) is 21.9 Å². The van der Waals surface area contributed by atoms with E-state index in [0.717, 1.165) is 93.6 Å². The summed E-state index contributed by atoms with van der Waals surface area (Å²) in [6.45, 7) is 11.3. The first-order chi connectivity index (χ1) is 22.2. The Morgan fingerprint density at radius 3 is 2.26 bits per heavy atom. The zero-order valence-electron chi connectivity index (χ0n) is 27.3. The third-order valence-electron chi connectivity index (χ3n) is 9.22. The number of hydrogen-bond donors (Lipinski definition) is 3. The van der Waals surface area contributed by atoms with E-state index in [9.17, 15) is 19.8 Å². The number of rotatable bonds is 17. The Hall–Kier alpha value is -3.42. The second kappa shape index (κ2) is 15.4. The van der Waals surface area contributed by atoms with Gasteiger partial charge in [-0.25, -0.2) is 9.97 Å². The van der Waals surface area contributed by atoms with Gasteiger partial charge in [-0.05, 0) is 37.4 Å². The molecule has 4 N–H and O–H groups in total. The fourth-order valence-electron chi connectivity index (χ4n) is 6.23. The van der Waals surface area contributed by atoms with Crippen molar-refractivity contribution in [1.29, 1.82) is 0 Å². The highest BCUT2D eigenvalue weighted by atomic mass is 16.5. The number of pyridine rings is 1. The number of aromatic nitrogens is 3. The minimum absolute atomic E-state index is 0.131. The Balaban J connectivity index is 1.13. The lowest BCUT2D eigenvalue weighted by molar-refractivity contribution is -0.137. The van der Waals surface area contributed by atoms with Crippen molar-refractivity contribution in [2.45, 2.75) is 52.5 Å². The van der Waals surface area contributed by atoms with Crippen LogP contribution in [0.4, 0.5) is 5.82 Å². The van der Waals surface area contributed by atoms with Crippen LogP contribution in [0.15, 0.2) is 30.4 Å². The number of aliphatic hydroxyl groups excluding tert-OH is 2. The molecule has 1 aromatic carbocycles. The Morgan fingerprint density at radius 1 is 0.913 bits per heavy atom. The monoisotopic (exact) mass is 635 g/mol. The van der Waals surface area contributed by atoms with E-state index in [1.165, 1.54) is 22.6 Å². The average molecular weight is 636 g/mol. The number of benzene rings is 1. The summed E-state index contributed by atoms with van der Waals surface area (Å²) < 4.78 is 7.82. The van der Waals surface area contributed by atoms with Gasteiger partial charge in [-0.2, -0.15) is 0 Å². The van der Waals surface area contributed by atoms with Gasteiger partial charge in [0.05, 0.1) is 44.0 Å². The molecule has 250 valence electrons. The predicted molar refractivity (Wildman–Crippen MR) is 178 cm³/mol. The number of imidazole rings is 1. The highest BCUT2D eigenvalue weighted by Gasteiger charge is 2.27. The molecule has 2 aromatic heterocycles. The smallest absolute Gasteiger partial charge is 0.253 e. The molecule has 46 heavy (non-hydrogen) atoms. The molecule has 0 bridgehead atoms. The van der Waals surface area contributed by atoms with Crippen molar-refractivity contribution in [1.82, 2.24) is 29.2 Å². The van der Waals surface area contributed by atoms with Crippen molar-refractivity contribution in [3.05, 3.63) is 41.7 Å². The fraction of sp³-hybridized carbons (Fsp3) is 0.588. The van der Waals surface area contributed by atoms with Crippen LogP contribution < -0.4 is 5.73 Å². The van der Waals surface area contributed by atoms with Crippen LogP contribution in [-0.2, 0) is 33.7 Å². The minimum Gasteiger partial charge on any atom is -0.396 e. The molecule has 4 heterocycles. The Bertz CT molecular complexity index is 1520. The number of aliphatic hydroxyl groups is 2. The van der Waals surface area contributed by atoms with Gasteiger partial charge in [0.25, 0.3) is 11.8 Å². The first kappa shape index (κ1) is 33.9. The molecule has 1 fully saturated rings. The van der Waals surface area contributed by atoms with Gasteiger partial charge in [-0.1, -0.05) is 32.4 Å². The molecule has 12 heteroatoms. The van der Waals surface area contributed by atoms with Gasteiger partial charge < -0.3 is 30.2 Å². The van der Waals surface area contributed by atoms with E-state index in [4.69, 9.17) is 20.4 Å². The van der Waals surface area contributed by atoms with Crippen molar-refractivity contribution in [2.24, 2.45) is 5.41 Å². The zero-order chi connectivity index (χ0) is 32.7. The third kappa shape index (κ3) is 7.92. The molecule has 1 saturated heterocycles. The van der Waals surface area contributed by atoms with Crippen molar-refractivity contribution in [3.8, 4) is 0 Å². The summed E-state index contributed by atoms with van der Waals surface area (Å²) in [6, 6.07) is 6.43. The molecule has 0 radical (unpaired) electrons. The van der Waals surface area contributed by atoms with Gasteiger partial charge in [0.1, 0.15) is 11.3 Å². The van der Waals surface area contributed by atoms with Crippen LogP contribution >= 0.6 is 0 Å². The number of imide groups is 1. The van der Waals surface area contributed by atoms with Gasteiger partial charge in [-0.15, -0.1) is 0 Å². The molecule has 0 unspecified atom stereocenters. The standard InChI is InChI=1S/C34H49N7O5/c1-3-4-7-28-37-31-32(41(28)22-34(2,23-42)24-43)26-9-8-25(21-27(26)36-33(31)35)6-5-12-38-13-15-39(16-14-38)17-19-46-20-18-40-29(44)10-11-30(40)45/h8-11,21,42-43H,3-7,12-20,22-24H2,1-2H3,(H2,35,36). The van der Waals surface area contributed by atoms with Crippen molar-refractivity contribution < 1.29 is 24.5 Å². The molecule has 2 aliphatic heterocycles. The number of unbranched alkanes of at least 4 members (excludes halogenated alkanes) is 1. The van der Waals surface area contributed by atoms with E-state index in [0.29, 0.717) is 37.6 Å². The van der Waals surface area contributed by atoms with Crippen molar-refractivity contribution in [3.63, 3.8) is 0 Å². The number of fused-ring (bicyclic) bond motifs is 3. The molecular formula is C34H49N7O5. The number of nitrogens with zero attached hydrogens (tertiary/aromatic N) is 6. The molecule has 0 aliphatic carbocycles. The molecule has 0 atom stereocenters.